The fraction of sp³-hybridized carbons (Fsp3) is 0.923. The molecule has 6 heteroatoms. The molecule has 2 saturated heterocycles. The summed E-state index contributed by atoms with van der Waals surface area (Å²) >= 11 is 1.19. The van der Waals surface area contributed by atoms with Crippen molar-refractivity contribution in [3.63, 3.8) is 0 Å². The Kier molecular flexibility index (Phi) is 2.83. The summed E-state index contributed by atoms with van der Waals surface area (Å²) in [4.78, 5) is 12.7. The molecular weight excluding hydrogens is 470 g/mol. The molecule has 0 spiro atoms. The molecule has 19 heavy (non-hydrogen) atoms. The SMILES string of the molecule is CCC1(OC(=O)C(C)(I)C23NI2N3)CC2CCC1C2. The number of carbonyl (C=O) groups excluding carboxylic acids is 1. The summed E-state index contributed by atoms with van der Waals surface area (Å²) in [5.74, 6) is 1.42. The first-order valence-corrected chi connectivity index (χ1v) is 11.4. The third-order valence-electron chi connectivity index (χ3n) is 5.51. The summed E-state index contributed by atoms with van der Waals surface area (Å²) < 4.78 is 12.6. The van der Waals surface area contributed by atoms with E-state index in [2.05, 4.69) is 36.6 Å². The summed E-state index contributed by atoms with van der Waals surface area (Å²) in [5.41, 5.74) is -0.147. The predicted octanol–water partition coefficient (Wildman–Crippen LogP) is 2.89. The number of nitrogens with one attached hydrogen (secondary N) is 2. The van der Waals surface area contributed by atoms with Crippen molar-refractivity contribution in [2.75, 3.05) is 0 Å². The third-order valence-corrected chi connectivity index (χ3v) is 12.6. The summed E-state index contributed by atoms with van der Waals surface area (Å²) in [7, 11) is 0. The van der Waals surface area contributed by atoms with Gasteiger partial charge >= 0.3 is 136 Å². The van der Waals surface area contributed by atoms with Gasteiger partial charge in [0.25, 0.3) is 0 Å². The van der Waals surface area contributed by atoms with Crippen LogP contribution in [0.2, 0.25) is 0 Å². The number of alkyl halides is 2. The van der Waals surface area contributed by atoms with Gasteiger partial charge in [-0.15, -0.1) is 0 Å². The molecule has 4 nitrogen and oxygen atoms in total. The van der Waals surface area contributed by atoms with Gasteiger partial charge in [-0.25, -0.2) is 0 Å². The molecule has 0 aromatic rings. The first-order chi connectivity index (χ1) is 8.93. The van der Waals surface area contributed by atoms with Crippen LogP contribution in [-0.2, 0) is 9.53 Å². The second kappa shape index (κ2) is 3.98. The Hall–Kier alpha value is 0.850. The maximum absolute atomic E-state index is 12.7. The molecule has 2 bridgehead atoms. The molecule has 4 aliphatic rings. The monoisotopic (exact) mass is 490 g/mol. The van der Waals surface area contributed by atoms with Crippen LogP contribution in [0.3, 0.4) is 0 Å². The second-order valence-electron chi connectivity index (χ2n) is 6.52. The standard InChI is InChI=1S/C13H20I2N2O2/c1-3-12(7-8-4-5-9(12)6-8)19-10(18)11(2,14)13-15(16-13)17-13/h8-9,16-17H,3-7H2,1-2H3. The van der Waals surface area contributed by atoms with E-state index in [1.54, 1.807) is 0 Å². The van der Waals surface area contributed by atoms with E-state index in [0.717, 1.165) is 18.8 Å². The van der Waals surface area contributed by atoms with Gasteiger partial charge in [-0.1, -0.05) is 0 Å². The van der Waals surface area contributed by atoms with Gasteiger partial charge in [0, 0.05) is 0 Å². The summed E-state index contributed by atoms with van der Waals surface area (Å²) in [6.45, 7) is 4.21. The van der Waals surface area contributed by atoms with E-state index in [0.29, 0.717) is 5.92 Å². The Balaban J connectivity index is 1.52. The van der Waals surface area contributed by atoms with Crippen molar-refractivity contribution in [2.45, 2.75) is 58.6 Å². The van der Waals surface area contributed by atoms with Crippen LogP contribution in [0.5, 0.6) is 0 Å². The summed E-state index contributed by atoms with van der Waals surface area (Å²) in [6, 6.07) is 0. The molecular formula is C13H20I2N2O2. The van der Waals surface area contributed by atoms with Crippen molar-refractivity contribution in [1.82, 2.24) is 7.06 Å². The van der Waals surface area contributed by atoms with Crippen LogP contribution >= 0.6 is 43.0 Å². The zero-order chi connectivity index (χ0) is 13.5. The minimum atomic E-state index is -1.10. The average molecular weight is 490 g/mol. The van der Waals surface area contributed by atoms with E-state index in [9.17, 15) is 4.79 Å². The Labute approximate surface area is 135 Å². The van der Waals surface area contributed by atoms with E-state index < -0.39 is 23.8 Å². The molecule has 2 aliphatic heterocycles. The fourth-order valence-electron chi connectivity index (χ4n) is 4.02. The van der Waals surface area contributed by atoms with Gasteiger partial charge in [-0.05, 0) is 0 Å². The Morgan fingerprint density at radius 3 is 2.63 bits per heavy atom. The second-order valence-corrected chi connectivity index (χ2v) is 13.0. The molecule has 4 atom stereocenters. The van der Waals surface area contributed by atoms with Crippen LogP contribution in [0.25, 0.3) is 0 Å². The molecule has 0 aromatic heterocycles. The third kappa shape index (κ3) is 1.72. The van der Waals surface area contributed by atoms with Crippen molar-refractivity contribution in [1.29, 1.82) is 0 Å². The zero-order valence-corrected chi connectivity index (χ0v) is 15.6. The first kappa shape index (κ1) is 13.5. The van der Waals surface area contributed by atoms with Crippen molar-refractivity contribution < 1.29 is 9.53 Å². The van der Waals surface area contributed by atoms with Gasteiger partial charge in [0.2, 0.25) is 0 Å². The molecule has 2 heterocycles. The van der Waals surface area contributed by atoms with Crippen LogP contribution in [0.15, 0.2) is 0 Å². The summed E-state index contributed by atoms with van der Waals surface area (Å²) in [5, 5.41) is 0. The average Bonchev–Trinajstić information content (AvgIpc) is 3.14. The fourth-order valence-corrected chi connectivity index (χ4v) is 11.8. The number of carbonyl (C=O) groups is 1. The number of hydrogen-bond acceptors (Lipinski definition) is 4. The normalized spacial score (nSPS) is 45.5. The van der Waals surface area contributed by atoms with Crippen LogP contribution in [0.1, 0.15) is 46.0 Å². The molecule has 4 fully saturated rings. The van der Waals surface area contributed by atoms with Crippen molar-refractivity contribution in [2.24, 2.45) is 11.8 Å². The Morgan fingerprint density at radius 2 is 2.21 bits per heavy atom. The van der Waals surface area contributed by atoms with Gasteiger partial charge in [0.05, 0.1) is 0 Å². The van der Waals surface area contributed by atoms with Crippen LogP contribution in [0.4, 0.5) is 0 Å². The molecule has 0 radical (unpaired) electrons. The first-order valence-electron chi connectivity index (χ1n) is 7.11. The van der Waals surface area contributed by atoms with Crippen molar-refractivity contribution in [3.05, 3.63) is 0 Å². The van der Waals surface area contributed by atoms with Gasteiger partial charge in [0.15, 0.2) is 0 Å². The maximum atomic E-state index is 12.7. The molecule has 2 saturated carbocycles. The van der Waals surface area contributed by atoms with Crippen molar-refractivity contribution >= 4 is 48.9 Å². The van der Waals surface area contributed by atoms with Gasteiger partial charge in [-0.2, -0.15) is 0 Å². The Bertz CT molecular complexity index is 450. The number of rotatable bonds is 4. The van der Waals surface area contributed by atoms with Gasteiger partial charge in [0.1, 0.15) is 0 Å². The predicted molar refractivity (Wildman–Crippen MR) is 90.0 cm³/mol. The molecule has 2 aliphatic carbocycles. The van der Waals surface area contributed by atoms with E-state index in [1.807, 2.05) is 6.92 Å². The van der Waals surface area contributed by atoms with Crippen molar-refractivity contribution in [3.8, 4) is 0 Å². The van der Waals surface area contributed by atoms with Crippen LogP contribution in [0, 0.1) is 11.8 Å². The molecule has 0 aromatic carbocycles. The summed E-state index contributed by atoms with van der Waals surface area (Å²) in [6.07, 6.45) is 5.95. The zero-order valence-electron chi connectivity index (χ0n) is 11.3. The topological polar surface area (TPSA) is 70.2 Å². The van der Waals surface area contributed by atoms with Crippen LogP contribution in [-0.4, -0.2) is 18.7 Å². The molecule has 108 valence electrons. The number of ether oxygens (including phenoxy) is 1. The van der Waals surface area contributed by atoms with Gasteiger partial charge < -0.3 is 0 Å². The molecule has 2 N–H and O–H groups in total. The van der Waals surface area contributed by atoms with Crippen LogP contribution < -0.4 is 7.06 Å². The number of esters is 1. The quantitative estimate of drug-likeness (QED) is 0.159. The van der Waals surface area contributed by atoms with E-state index in [-0.39, 0.29) is 15.2 Å². The number of halogens is 2. The molecule has 4 unspecified atom stereocenters. The van der Waals surface area contributed by atoms with E-state index in [4.69, 9.17) is 4.74 Å². The molecule has 0 amide bonds. The minimum absolute atomic E-state index is 0.000185. The van der Waals surface area contributed by atoms with E-state index >= 15 is 0 Å². The Morgan fingerprint density at radius 1 is 1.53 bits per heavy atom. The van der Waals surface area contributed by atoms with E-state index in [1.165, 1.54) is 19.3 Å². The van der Waals surface area contributed by atoms with Gasteiger partial charge in [-0.3, -0.25) is 0 Å². The number of fused-ring (bicyclic) bond motifs is 3. The molecule has 4 rings (SSSR count). The number of hydrogen-bond donors (Lipinski definition) is 2.